The van der Waals surface area contributed by atoms with Gasteiger partial charge in [0.1, 0.15) is 0 Å². The predicted molar refractivity (Wildman–Crippen MR) is 67.8 cm³/mol. The summed E-state index contributed by atoms with van der Waals surface area (Å²) >= 11 is 0. The number of nitrogens with zero attached hydrogens (tertiary/aromatic N) is 1. The van der Waals surface area contributed by atoms with Crippen molar-refractivity contribution in [3.05, 3.63) is 35.4 Å². The average molecular weight is 271 g/mol. The summed E-state index contributed by atoms with van der Waals surface area (Å²) in [5.74, 6) is -1.83. The van der Waals surface area contributed by atoms with E-state index in [-0.39, 0.29) is 5.60 Å². The minimum atomic E-state index is -0.932. The normalized spacial score (nSPS) is 21.3. The van der Waals surface area contributed by atoms with Crippen molar-refractivity contribution in [1.82, 2.24) is 4.90 Å². The lowest BCUT2D eigenvalue weighted by molar-refractivity contribution is -0.0932. The van der Waals surface area contributed by atoms with Crippen molar-refractivity contribution in [1.29, 1.82) is 0 Å². The number of aliphatic hydroxyl groups excluding tert-OH is 1. The molecule has 2 rings (SSSR count). The van der Waals surface area contributed by atoms with Crippen LogP contribution in [0.2, 0.25) is 0 Å². The van der Waals surface area contributed by atoms with E-state index in [1.54, 1.807) is 0 Å². The van der Waals surface area contributed by atoms with Crippen molar-refractivity contribution in [3.63, 3.8) is 0 Å². The molecule has 1 atom stereocenters. The first-order chi connectivity index (χ1) is 8.87. The van der Waals surface area contributed by atoms with E-state index in [4.69, 9.17) is 4.74 Å². The zero-order valence-electron chi connectivity index (χ0n) is 11.2. The van der Waals surface area contributed by atoms with E-state index >= 15 is 0 Å². The molecule has 1 fully saturated rings. The van der Waals surface area contributed by atoms with Crippen LogP contribution in [0.25, 0.3) is 0 Å². The molecule has 1 aliphatic rings. The first-order valence-corrected chi connectivity index (χ1v) is 6.37. The zero-order valence-corrected chi connectivity index (χ0v) is 11.2. The number of aliphatic hydroxyl groups is 1. The van der Waals surface area contributed by atoms with Gasteiger partial charge in [-0.05, 0) is 31.5 Å². The van der Waals surface area contributed by atoms with Crippen LogP contribution in [0, 0.1) is 11.6 Å². The van der Waals surface area contributed by atoms with Crippen LogP contribution in [0.15, 0.2) is 18.2 Å². The van der Waals surface area contributed by atoms with E-state index in [1.165, 1.54) is 6.07 Å². The molecule has 0 bridgehead atoms. The predicted octanol–water partition coefficient (Wildman–Crippen LogP) is 2.11. The summed E-state index contributed by atoms with van der Waals surface area (Å²) in [4.78, 5) is 2.06. The average Bonchev–Trinajstić information content (AvgIpc) is 2.31. The quantitative estimate of drug-likeness (QED) is 0.914. The molecule has 0 aromatic heterocycles. The second kappa shape index (κ2) is 5.53. The number of morpholine rings is 1. The Balaban J connectivity index is 2.00. The van der Waals surface area contributed by atoms with Crippen molar-refractivity contribution >= 4 is 0 Å². The maximum Gasteiger partial charge on any atom is 0.159 e. The minimum Gasteiger partial charge on any atom is -0.387 e. The number of hydrogen-bond acceptors (Lipinski definition) is 3. The maximum atomic E-state index is 13.1. The highest BCUT2D eigenvalue weighted by molar-refractivity contribution is 5.20. The Bertz CT molecular complexity index is 451. The first-order valence-electron chi connectivity index (χ1n) is 6.37. The maximum absolute atomic E-state index is 13.1. The molecule has 1 aliphatic heterocycles. The summed E-state index contributed by atoms with van der Waals surface area (Å²) in [7, 11) is 0. The molecule has 0 aliphatic carbocycles. The summed E-state index contributed by atoms with van der Waals surface area (Å²) in [6.45, 7) is 6.40. The van der Waals surface area contributed by atoms with Gasteiger partial charge < -0.3 is 9.84 Å². The number of benzene rings is 1. The number of rotatable bonds is 3. The van der Waals surface area contributed by atoms with Gasteiger partial charge in [-0.3, -0.25) is 4.90 Å². The molecule has 1 saturated heterocycles. The van der Waals surface area contributed by atoms with Crippen molar-refractivity contribution in [2.24, 2.45) is 0 Å². The third-order valence-corrected chi connectivity index (χ3v) is 3.26. The molecule has 0 saturated carbocycles. The van der Waals surface area contributed by atoms with Crippen LogP contribution in [-0.4, -0.2) is 41.8 Å². The highest BCUT2D eigenvalue weighted by Gasteiger charge is 2.28. The second-order valence-electron chi connectivity index (χ2n) is 5.53. The molecule has 106 valence electrons. The molecule has 1 N–H and O–H groups in total. The molecule has 1 aromatic rings. The molecule has 3 nitrogen and oxygen atoms in total. The van der Waals surface area contributed by atoms with E-state index < -0.39 is 17.7 Å². The van der Waals surface area contributed by atoms with E-state index in [0.29, 0.717) is 25.3 Å². The first kappa shape index (κ1) is 14.4. The van der Waals surface area contributed by atoms with Crippen molar-refractivity contribution in [3.8, 4) is 0 Å². The molecular formula is C14H19F2NO2. The molecular weight excluding hydrogens is 252 g/mol. The van der Waals surface area contributed by atoms with Gasteiger partial charge in [0.15, 0.2) is 11.6 Å². The number of β-amino-alcohol motifs (C(OH)–C–C–N with tert-alkyl or cyclic N) is 1. The van der Waals surface area contributed by atoms with Gasteiger partial charge in [-0.1, -0.05) is 6.07 Å². The van der Waals surface area contributed by atoms with Crippen LogP contribution in [-0.2, 0) is 4.74 Å². The molecule has 0 amide bonds. The fraction of sp³-hybridized carbons (Fsp3) is 0.571. The van der Waals surface area contributed by atoms with Crippen LogP contribution in [0.1, 0.15) is 25.5 Å². The van der Waals surface area contributed by atoms with Gasteiger partial charge in [-0.15, -0.1) is 0 Å². The van der Waals surface area contributed by atoms with E-state index in [1.807, 2.05) is 13.8 Å². The number of ether oxygens (including phenoxy) is 1. The summed E-state index contributed by atoms with van der Waals surface area (Å²) in [6.07, 6.45) is -0.830. The van der Waals surface area contributed by atoms with Crippen molar-refractivity contribution in [2.45, 2.75) is 25.6 Å². The van der Waals surface area contributed by atoms with Gasteiger partial charge in [0.25, 0.3) is 0 Å². The van der Waals surface area contributed by atoms with E-state index in [9.17, 15) is 13.9 Å². The highest BCUT2D eigenvalue weighted by Crippen LogP contribution is 2.21. The van der Waals surface area contributed by atoms with E-state index in [0.717, 1.165) is 18.7 Å². The number of hydrogen-bond donors (Lipinski definition) is 1. The molecule has 1 aromatic carbocycles. The Morgan fingerprint density at radius 2 is 2.11 bits per heavy atom. The smallest absolute Gasteiger partial charge is 0.159 e. The summed E-state index contributed by atoms with van der Waals surface area (Å²) in [5.41, 5.74) is 0.148. The van der Waals surface area contributed by atoms with Gasteiger partial charge in [0.05, 0.1) is 18.3 Å². The van der Waals surface area contributed by atoms with Crippen LogP contribution >= 0.6 is 0 Å². The van der Waals surface area contributed by atoms with Crippen LogP contribution in [0.4, 0.5) is 8.78 Å². The summed E-state index contributed by atoms with van der Waals surface area (Å²) in [6, 6.07) is 3.50. The molecule has 0 spiro atoms. The molecule has 19 heavy (non-hydrogen) atoms. The fourth-order valence-corrected chi connectivity index (χ4v) is 2.34. The lowest BCUT2D eigenvalue weighted by Gasteiger charge is -2.38. The lowest BCUT2D eigenvalue weighted by atomic mass is 10.0. The Morgan fingerprint density at radius 1 is 1.37 bits per heavy atom. The molecule has 5 heteroatoms. The summed E-state index contributed by atoms with van der Waals surface area (Å²) < 4.78 is 31.5. The SMILES string of the molecule is CC1(C)CN(CC(O)c2ccc(F)c(F)c2)CCO1. The topological polar surface area (TPSA) is 32.7 Å². The molecule has 1 unspecified atom stereocenters. The lowest BCUT2D eigenvalue weighted by Crippen LogP contribution is -2.49. The summed E-state index contributed by atoms with van der Waals surface area (Å²) in [5, 5.41) is 10.1. The second-order valence-corrected chi connectivity index (χ2v) is 5.53. The Hall–Kier alpha value is -1.04. The third-order valence-electron chi connectivity index (χ3n) is 3.26. The fourth-order valence-electron chi connectivity index (χ4n) is 2.34. The van der Waals surface area contributed by atoms with E-state index in [2.05, 4.69) is 4.90 Å². The minimum absolute atomic E-state index is 0.244. The Kier molecular flexibility index (Phi) is 4.18. The number of halogens is 2. The van der Waals surface area contributed by atoms with Crippen molar-refractivity contribution in [2.75, 3.05) is 26.2 Å². The molecule has 1 heterocycles. The van der Waals surface area contributed by atoms with Crippen LogP contribution < -0.4 is 0 Å². The van der Waals surface area contributed by atoms with Gasteiger partial charge in [0, 0.05) is 19.6 Å². The Labute approximate surface area is 111 Å². The van der Waals surface area contributed by atoms with Gasteiger partial charge in [0.2, 0.25) is 0 Å². The third kappa shape index (κ3) is 3.72. The van der Waals surface area contributed by atoms with Gasteiger partial charge >= 0.3 is 0 Å². The molecule has 0 radical (unpaired) electrons. The zero-order chi connectivity index (χ0) is 14.0. The van der Waals surface area contributed by atoms with Crippen molar-refractivity contribution < 1.29 is 18.6 Å². The van der Waals surface area contributed by atoms with Crippen LogP contribution in [0.3, 0.4) is 0 Å². The standard InChI is InChI=1S/C14H19F2NO2/c1-14(2)9-17(5-6-19-14)8-13(18)10-3-4-11(15)12(16)7-10/h3-4,7,13,18H,5-6,8-9H2,1-2H3. The Morgan fingerprint density at radius 3 is 2.74 bits per heavy atom. The largest absolute Gasteiger partial charge is 0.387 e. The monoisotopic (exact) mass is 271 g/mol. The van der Waals surface area contributed by atoms with Gasteiger partial charge in [-0.25, -0.2) is 8.78 Å². The highest BCUT2D eigenvalue weighted by atomic mass is 19.2. The van der Waals surface area contributed by atoms with Crippen LogP contribution in [0.5, 0.6) is 0 Å². The van der Waals surface area contributed by atoms with Gasteiger partial charge in [-0.2, -0.15) is 0 Å².